The molecule has 0 bridgehead atoms. The number of anilines is 2. The minimum atomic E-state index is 0.455. The van der Waals surface area contributed by atoms with Crippen molar-refractivity contribution in [2.75, 3.05) is 43.1 Å². The molecule has 0 saturated carbocycles. The lowest BCUT2D eigenvalue weighted by atomic mass is 10.2. The van der Waals surface area contributed by atoms with Gasteiger partial charge in [0.1, 0.15) is 17.5 Å². The molecule has 22 heavy (non-hydrogen) atoms. The van der Waals surface area contributed by atoms with Crippen LogP contribution >= 0.6 is 0 Å². The van der Waals surface area contributed by atoms with Crippen molar-refractivity contribution in [1.82, 2.24) is 4.98 Å². The predicted molar refractivity (Wildman–Crippen MR) is 86.4 cm³/mol. The topological polar surface area (TPSA) is 52.4 Å². The number of benzene rings is 1. The molecule has 0 unspecified atom stereocenters. The third-order valence-electron chi connectivity index (χ3n) is 3.93. The monoisotopic (exact) mass is 294 g/mol. The zero-order chi connectivity index (χ0) is 15.4. The fourth-order valence-electron chi connectivity index (χ4n) is 2.74. The second kappa shape index (κ2) is 6.35. The summed E-state index contributed by atoms with van der Waals surface area (Å²) in [6, 6.07) is 13.9. The van der Waals surface area contributed by atoms with Crippen LogP contribution in [-0.2, 0) is 0 Å². The molecule has 1 aromatic carbocycles. The van der Waals surface area contributed by atoms with Crippen molar-refractivity contribution in [3.05, 3.63) is 48.3 Å². The van der Waals surface area contributed by atoms with Crippen LogP contribution in [0.3, 0.4) is 0 Å². The number of piperazine rings is 1. The van der Waals surface area contributed by atoms with Crippen LogP contribution in [0, 0.1) is 11.3 Å². The smallest absolute Gasteiger partial charge is 0.142 e. The summed E-state index contributed by atoms with van der Waals surface area (Å²) >= 11 is 0. The van der Waals surface area contributed by atoms with Crippen LogP contribution in [0.5, 0.6) is 5.75 Å². The zero-order valence-corrected chi connectivity index (χ0v) is 12.6. The van der Waals surface area contributed by atoms with Crippen molar-refractivity contribution < 1.29 is 4.74 Å². The van der Waals surface area contributed by atoms with Gasteiger partial charge in [-0.3, -0.25) is 0 Å². The van der Waals surface area contributed by atoms with Crippen molar-refractivity contribution >= 4 is 11.4 Å². The molecule has 2 heterocycles. The highest BCUT2D eigenvalue weighted by atomic mass is 16.5. The van der Waals surface area contributed by atoms with Crippen LogP contribution < -0.4 is 14.5 Å². The molecule has 3 rings (SSSR count). The molecule has 1 aliphatic heterocycles. The Morgan fingerprint density at radius 2 is 1.77 bits per heavy atom. The molecule has 5 nitrogen and oxygen atoms in total. The van der Waals surface area contributed by atoms with E-state index in [1.165, 1.54) is 0 Å². The predicted octanol–water partition coefficient (Wildman–Crippen LogP) is 2.29. The molecular weight excluding hydrogens is 276 g/mol. The van der Waals surface area contributed by atoms with Crippen LogP contribution in [0.4, 0.5) is 11.4 Å². The second-order valence-corrected chi connectivity index (χ2v) is 5.16. The highest BCUT2D eigenvalue weighted by molar-refractivity contribution is 5.59. The average molecular weight is 294 g/mol. The normalized spacial score (nSPS) is 14.5. The van der Waals surface area contributed by atoms with E-state index in [4.69, 9.17) is 10.00 Å². The first kappa shape index (κ1) is 14.2. The maximum atomic E-state index is 8.80. The fraction of sp³-hybridized carbons (Fsp3) is 0.294. The summed E-state index contributed by atoms with van der Waals surface area (Å²) in [6.07, 6.45) is 1.78. The van der Waals surface area contributed by atoms with Gasteiger partial charge in [0.05, 0.1) is 24.7 Å². The first-order valence-corrected chi connectivity index (χ1v) is 7.31. The Morgan fingerprint density at radius 3 is 2.41 bits per heavy atom. The van der Waals surface area contributed by atoms with Crippen LogP contribution in [0.1, 0.15) is 5.69 Å². The van der Waals surface area contributed by atoms with E-state index in [1.54, 1.807) is 19.4 Å². The minimum absolute atomic E-state index is 0.455. The molecule has 112 valence electrons. The lowest BCUT2D eigenvalue weighted by molar-refractivity contribution is 0.413. The summed E-state index contributed by atoms with van der Waals surface area (Å²) in [5, 5.41) is 8.80. The van der Waals surface area contributed by atoms with Gasteiger partial charge in [-0.1, -0.05) is 12.1 Å². The first-order valence-electron chi connectivity index (χ1n) is 7.31. The highest BCUT2D eigenvalue weighted by Gasteiger charge is 2.19. The molecule has 0 amide bonds. The van der Waals surface area contributed by atoms with Crippen molar-refractivity contribution in [3.63, 3.8) is 0 Å². The molecule has 0 N–H and O–H groups in total. The number of ether oxygens (including phenoxy) is 1. The van der Waals surface area contributed by atoms with E-state index in [9.17, 15) is 0 Å². The Kier molecular flexibility index (Phi) is 4.10. The van der Waals surface area contributed by atoms with Crippen LogP contribution in [-0.4, -0.2) is 38.3 Å². The maximum Gasteiger partial charge on any atom is 0.142 e. The molecule has 2 aromatic rings. The first-order chi connectivity index (χ1) is 10.8. The lowest BCUT2D eigenvalue weighted by Gasteiger charge is -2.37. The van der Waals surface area contributed by atoms with E-state index < -0.39 is 0 Å². The molecule has 0 atom stereocenters. The van der Waals surface area contributed by atoms with Gasteiger partial charge in [-0.25, -0.2) is 4.98 Å². The molecule has 0 spiro atoms. The number of hydrogen-bond acceptors (Lipinski definition) is 5. The zero-order valence-electron chi connectivity index (χ0n) is 12.6. The largest absolute Gasteiger partial charge is 0.495 e. The molecule has 0 aliphatic carbocycles. The van der Waals surface area contributed by atoms with E-state index in [2.05, 4.69) is 20.9 Å². The summed E-state index contributed by atoms with van der Waals surface area (Å²) in [4.78, 5) is 8.77. The summed E-state index contributed by atoms with van der Waals surface area (Å²) in [5.41, 5.74) is 2.66. The molecule has 0 radical (unpaired) electrons. The van der Waals surface area contributed by atoms with E-state index >= 15 is 0 Å². The molecule has 1 fully saturated rings. The summed E-state index contributed by atoms with van der Waals surface area (Å²) < 4.78 is 5.44. The van der Waals surface area contributed by atoms with Gasteiger partial charge in [-0.15, -0.1) is 0 Å². The number of aromatic nitrogens is 1. The number of rotatable bonds is 3. The Morgan fingerprint density at radius 1 is 1.05 bits per heavy atom. The van der Waals surface area contributed by atoms with Crippen LogP contribution in [0.2, 0.25) is 0 Å². The molecular formula is C17H18N4O. The van der Waals surface area contributed by atoms with Crippen molar-refractivity contribution in [2.45, 2.75) is 0 Å². The number of pyridine rings is 1. The van der Waals surface area contributed by atoms with Gasteiger partial charge in [0.15, 0.2) is 0 Å². The van der Waals surface area contributed by atoms with E-state index in [0.29, 0.717) is 5.69 Å². The lowest BCUT2D eigenvalue weighted by Crippen LogP contribution is -2.46. The number of nitriles is 1. The molecule has 1 aromatic heterocycles. The maximum absolute atomic E-state index is 8.80. The van der Waals surface area contributed by atoms with Crippen molar-refractivity contribution in [3.8, 4) is 11.8 Å². The third kappa shape index (κ3) is 2.82. The number of methoxy groups -OCH3 is 1. The van der Waals surface area contributed by atoms with Gasteiger partial charge in [0.25, 0.3) is 0 Å². The average Bonchev–Trinajstić information content (AvgIpc) is 2.62. The Labute approximate surface area is 130 Å². The Balaban J connectivity index is 1.68. The summed E-state index contributed by atoms with van der Waals surface area (Å²) in [7, 11) is 1.71. The molecule has 1 saturated heterocycles. The Hall–Kier alpha value is -2.74. The minimum Gasteiger partial charge on any atom is -0.495 e. The number of para-hydroxylation sites is 2. The van der Waals surface area contributed by atoms with Gasteiger partial charge in [-0.2, -0.15) is 5.26 Å². The summed E-state index contributed by atoms with van der Waals surface area (Å²) in [6.45, 7) is 3.71. The fourth-order valence-corrected chi connectivity index (χ4v) is 2.74. The SMILES string of the molecule is COc1ccccc1N1CCN(c2ccc(C#N)nc2)CC1. The van der Waals surface area contributed by atoms with Gasteiger partial charge in [-0.05, 0) is 24.3 Å². The van der Waals surface area contributed by atoms with E-state index in [-0.39, 0.29) is 0 Å². The van der Waals surface area contributed by atoms with Crippen molar-refractivity contribution in [2.24, 2.45) is 0 Å². The number of nitrogens with zero attached hydrogens (tertiary/aromatic N) is 4. The third-order valence-corrected chi connectivity index (χ3v) is 3.93. The quantitative estimate of drug-likeness (QED) is 0.869. The van der Waals surface area contributed by atoms with E-state index in [0.717, 1.165) is 43.3 Å². The van der Waals surface area contributed by atoms with E-state index in [1.807, 2.05) is 30.3 Å². The van der Waals surface area contributed by atoms with Crippen molar-refractivity contribution in [1.29, 1.82) is 5.26 Å². The molecule has 5 heteroatoms. The number of hydrogen-bond donors (Lipinski definition) is 0. The highest BCUT2D eigenvalue weighted by Crippen LogP contribution is 2.29. The van der Waals surface area contributed by atoms with Gasteiger partial charge in [0, 0.05) is 26.2 Å². The van der Waals surface area contributed by atoms with Gasteiger partial charge < -0.3 is 14.5 Å². The second-order valence-electron chi connectivity index (χ2n) is 5.16. The van der Waals surface area contributed by atoms with Gasteiger partial charge >= 0.3 is 0 Å². The molecule has 1 aliphatic rings. The van der Waals surface area contributed by atoms with Crippen LogP contribution in [0.15, 0.2) is 42.6 Å². The van der Waals surface area contributed by atoms with Gasteiger partial charge in [0.2, 0.25) is 0 Å². The summed E-state index contributed by atoms with van der Waals surface area (Å²) in [5.74, 6) is 0.913. The standard InChI is InChI=1S/C17H18N4O/c1-22-17-5-3-2-4-16(17)21-10-8-20(9-11-21)15-7-6-14(12-18)19-13-15/h2-7,13H,8-11H2,1H3. The Bertz CT molecular complexity index is 670. The van der Waals surface area contributed by atoms with Crippen LogP contribution in [0.25, 0.3) is 0 Å².